The molecule has 0 fully saturated rings. The molecule has 138 valence electrons. The third kappa shape index (κ3) is 4.63. The Labute approximate surface area is 154 Å². The van der Waals surface area contributed by atoms with Gasteiger partial charge in [0.2, 0.25) is 0 Å². The van der Waals surface area contributed by atoms with Gasteiger partial charge in [-0.2, -0.15) is 0 Å². The number of esters is 1. The Kier molecular flexibility index (Phi) is 6.39. The maximum absolute atomic E-state index is 12.9. The van der Waals surface area contributed by atoms with Crippen LogP contribution >= 0.6 is 0 Å². The molecule has 1 atom stereocenters. The first kappa shape index (κ1) is 19.5. The van der Waals surface area contributed by atoms with E-state index in [4.69, 9.17) is 10.5 Å². The van der Waals surface area contributed by atoms with Crippen LogP contribution < -0.4 is 11.1 Å². The Balaban J connectivity index is 2.40. The molecule has 0 saturated heterocycles. The Morgan fingerprint density at radius 2 is 1.81 bits per heavy atom. The zero-order valence-electron chi connectivity index (χ0n) is 15.7. The Bertz CT molecular complexity index is 800. The van der Waals surface area contributed by atoms with E-state index in [9.17, 15) is 9.59 Å². The summed E-state index contributed by atoms with van der Waals surface area (Å²) in [6, 6.07) is 12.3. The van der Waals surface area contributed by atoms with E-state index in [1.807, 2.05) is 45.0 Å². The molecular formula is C21H26N2O3. The number of nitrogens with one attached hydrogen (secondary N) is 1. The lowest BCUT2D eigenvalue weighted by Crippen LogP contribution is -2.42. The Morgan fingerprint density at radius 1 is 1.12 bits per heavy atom. The molecule has 3 N–H and O–H groups in total. The highest BCUT2D eigenvalue weighted by Gasteiger charge is 2.24. The van der Waals surface area contributed by atoms with Crippen molar-refractivity contribution in [1.29, 1.82) is 0 Å². The van der Waals surface area contributed by atoms with Crippen molar-refractivity contribution in [3.05, 3.63) is 53.6 Å². The van der Waals surface area contributed by atoms with E-state index in [1.54, 1.807) is 18.2 Å². The van der Waals surface area contributed by atoms with Gasteiger partial charge in [0.1, 0.15) is 6.04 Å². The standard InChI is InChI=1S/C21H26N2O3/c1-13(2)11-19(21(25)26-4)23-20(24)17-10-9-15(22)12-18(17)16-8-6-5-7-14(16)3/h5-10,12-13,19H,11,22H2,1-4H3,(H,23,24)/t19-/m0/s1. The molecule has 0 radical (unpaired) electrons. The van der Waals surface area contributed by atoms with Gasteiger partial charge in [-0.05, 0) is 54.2 Å². The largest absolute Gasteiger partial charge is 0.467 e. The minimum absolute atomic E-state index is 0.238. The lowest BCUT2D eigenvalue weighted by molar-refractivity contribution is -0.143. The van der Waals surface area contributed by atoms with E-state index in [0.717, 1.165) is 16.7 Å². The summed E-state index contributed by atoms with van der Waals surface area (Å²) in [6.07, 6.45) is 0.507. The van der Waals surface area contributed by atoms with E-state index in [0.29, 0.717) is 17.7 Å². The van der Waals surface area contributed by atoms with Crippen LogP contribution in [0.2, 0.25) is 0 Å². The molecule has 26 heavy (non-hydrogen) atoms. The fourth-order valence-electron chi connectivity index (χ4n) is 2.92. The molecule has 0 saturated carbocycles. The molecule has 0 aromatic heterocycles. The highest BCUT2D eigenvalue weighted by molar-refractivity contribution is 6.03. The molecule has 1 amide bonds. The first-order chi connectivity index (χ1) is 12.3. The van der Waals surface area contributed by atoms with Gasteiger partial charge in [0, 0.05) is 11.3 Å². The molecule has 0 bridgehead atoms. The smallest absolute Gasteiger partial charge is 0.328 e. The quantitative estimate of drug-likeness (QED) is 0.614. The average Bonchev–Trinajstić information content (AvgIpc) is 2.60. The van der Waals surface area contributed by atoms with Gasteiger partial charge in [0.15, 0.2) is 0 Å². The van der Waals surface area contributed by atoms with Crippen molar-refractivity contribution in [2.45, 2.75) is 33.2 Å². The molecule has 2 aromatic rings. The summed E-state index contributed by atoms with van der Waals surface area (Å²) >= 11 is 0. The summed E-state index contributed by atoms with van der Waals surface area (Å²) in [7, 11) is 1.32. The topological polar surface area (TPSA) is 81.4 Å². The summed E-state index contributed by atoms with van der Waals surface area (Å²) in [6.45, 7) is 5.96. The fraction of sp³-hybridized carbons (Fsp3) is 0.333. The molecule has 0 heterocycles. The van der Waals surface area contributed by atoms with Crippen molar-refractivity contribution in [2.24, 2.45) is 5.92 Å². The molecule has 5 heteroatoms. The van der Waals surface area contributed by atoms with E-state index in [2.05, 4.69) is 5.32 Å². The van der Waals surface area contributed by atoms with Crippen LogP contribution in [0.15, 0.2) is 42.5 Å². The van der Waals surface area contributed by atoms with Crippen molar-refractivity contribution >= 4 is 17.6 Å². The van der Waals surface area contributed by atoms with Crippen molar-refractivity contribution in [3.8, 4) is 11.1 Å². The number of methoxy groups -OCH3 is 1. The average molecular weight is 354 g/mol. The van der Waals surface area contributed by atoms with Crippen LogP contribution in [0.4, 0.5) is 5.69 Å². The summed E-state index contributed by atoms with van der Waals surface area (Å²) in [5.41, 5.74) is 9.72. The number of nitrogen functional groups attached to an aromatic ring is 1. The number of anilines is 1. The fourth-order valence-corrected chi connectivity index (χ4v) is 2.92. The maximum Gasteiger partial charge on any atom is 0.328 e. The highest BCUT2D eigenvalue weighted by Crippen LogP contribution is 2.29. The predicted octanol–water partition coefficient (Wildman–Crippen LogP) is 3.56. The SMILES string of the molecule is COC(=O)[C@H](CC(C)C)NC(=O)c1ccc(N)cc1-c1ccccc1C. The molecule has 5 nitrogen and oxygen atoms in total. The van der Waals surface area contributed by atoms with Gasteiger partial charge >= 0.3 is 5.97 Å². The number of benzene rings is 2. The van der Waals surface area contributed by atoms with Crippen LogP contribution in [0.25, 0.3) is 11.1 Å². The molecular weight excluding hydrogens is 328 g/mol. The minimum atomic E-state index is -0.685. The minimum Gasteiger partial charge on any atom is -0.467 e. The summed E-state index contributed by atoms with van der Waals surface area (Å²) in [5.74, 6) is -0.527. The number of rotatable bonds is 6. The van der Waals surface area contributed by atoms with Gasteiger partial charge in [-0.1, -0.05) is 38.1 Å². The van der Waals surface area contributed by atoms with Crippen molar-refractivity contribution < 1.29 is 14.3 Å². The third-order valence-corrected chi connectivity index (χ3v) is 4.22. The number of aryl methyl sites for hydroxylation is 1. The van der Waals surface area contributed by atoms with Gasteiger partial charge in [-0.25, -0.2) is 4.79 Å². The van der Waals surface area contributed by atoms with Crippen LogP contribution in [0.5, 0.6) is 0 Å². The zero-order valence-corrected chi connectivity index (χ0v) is 15.7. The number of hydrogen-bond donors (Lipinski definition) is 2. The van der Waals surface area contributed by atoms with Crippen molar-refractivity contribution in [3.63, 3.8) is 0 Å². The van der Waals surface area contributed by atoms with E-state index in [-0.39, 0.29) is 11.8 Å². The number of hydrogen-bond acceptors (Lipinski definition) is 4. The highest BCUT2D eigenvalue weighted by atomic mass is 16.5. The third-order valence-electron chi connectivity index (χ3n) is 4.22. The molecule has 0 unspecified atom stereocenters. The second kappa shape index (κ2) is 8.52. The van der Waals surface area contributed by atoms with E-state index < -0.39 is 12.0 Å². The molecule has 0 aliphatic heterocycles. The molecule has 2 aromatic carbocycles. The maximum atomic E-state index is 12.9. The summed E-state index contributed by atoms with van der Waals surface area (Å²) in [4.78, 5) is 24.9. The summed E-state index contributed by atoms with van der Waals surface area (Å²) < 4.78 is 4.83. The normalized spacial score (nSPS) is 11.9. The molecule has 0 aliphatic carbocycles. The summed E-state index contributed by atoms with van der Waals surface area (Å²) in [5, 5.41) is 2.81. The van der Waals surface area contributed by atoms with Crippen molar-refractivity contribution in [1.82, 2.24) is 5.32 Å². The number of nitrogens with two attached hydrogens (primary N) is 1. The van der Waals surface area contributed by atoms with Crippen LogP contribution in [0, 0.1) is 12.8 Å². The lowest BCUT2D eigenvalue weighted by atomic mass is 9.94. The first-order valence-corrected chi connectivity index (χ1v) is 8.67. The van der Waals surface area contributed by atoms with Crippen LogP contribution in [-0.4, -0.2) is 25.0 Å². The van der Waals surface area contributed by atoms with Gasteiger partial charge < -0.3 is 15.8 Å². The number of carbonyl (C=O) groups is 2. The number of ether oxygens (including phenoxy) is 1. The van der Waals surface area contributed by atoms with Gasteiger partial charge in [0.05, 0.1) is 7.11 Å². The van der Waals surface area contributed by atoms with Gasteiger partial charge in [-0.15, -0.1) is 0 Å². The van der Waals surface area contributed by atoms with Gasteiger partial charge in [0.25, 0.3) is 5.91 Å². The predicted molar refractivity (Wildman–Crippen MR) is 104 cm³/mol. The van der Waals surface area contributed by atoms with Crippen LogP contribution in [0.1, 0.15) is 36.2 Å². The zero-order chi connectivity index (χ0) is 19.3. The second-order valence-corrected chi connectivity index (χ2v) is 6.80. The number of carbonyl (C=O) groups excluding carboxylic acids is 2. The molecule has 2 rings (SSSR count). The lowest BCUT2D eigenvalue weighted by Gasteiger charge is -2.20. The van der Waals surface area contributed by atoms with Crippen molar-refractivity contribution in [2.75, 3.05) is 12.8 Å². The molecule has 0 aliphatic rings. The molecule has 0 spiro atoms. The first-order valence-electron chi connectivity index (χ1n) is 8.67. The van der Waals surface area contributed by atoms with E-state index >= 15 is 0 Å². The van der Waals surface area contributed by atoms with E-state index in [1.165, 1.54) is 7.11 Å². The Morgan fingerprint density at radius 3 is 2.42 bits per heavy atom. The number of amides is 1. The Hall–Kier alpha value is -2.82. The second-order valence-electron chi connectivity index (χ2n) is 6.80. The van der Waals surface area contributed by atoms with Crippen LogP contribution in [-0.2, 0) is 9.53 Å². The van der Waals surface area contributed by atoms with Crippen LogP contribution in [0.3, 0.4) is 0 Å². The van der Waals surface area contributed by atoms with Gasteiger partial charge in [-0.3, -0.25) is 4.79 Å². The monoisotopic (exact) mass is 354 g/mol.